The standard InChI is InChI=1S/C12H12F2N2O2/c1-12(2,7-15)16-10(17)8-5-3-4-6-9(8)18-11(13)14/h3-6,11H,1-2H3,(H,16,17). The van der Waals surface area contributed by atoms with E-state index in [4.69, 9.17) is 5.26 Å². The summed E-state index contributed by atoms with van der Waals surface area (Å²) >= 11 is 0. The largest absolute Gasteiger partial charge is 0.434 e. The molecule has 0 unspecified atom stereocenters. The van der Waals surface area contributed by atoms with Gasteiger partial charge in [-0.1, -0.05) is 12.1 Å². The molecule has 0 saturated carbocycles. The molecule has 0 saturated heterocycles. The predicted octanol–water partition coefficient (Wildman–Crippen LogP) is 2.32. The fourth-order valence-electron chi connectivity index (χ4n) is 1.23. The number of nitrogens with zero attached hydrogens (tertiary/aromatic N) is 1. The summed E-state index contributed by atoms with van der Waals surface area (Å²) in [7, 11) is 0. The van der Waals surface area contributed by atoms with Crippen molar-refractivity contribution in [3.63, 3.8) is 0 Å². The Kier molecular flexibility index (Phi) is 4.21. The molecule has 0 aromatic heterocycles. The van der Waals surface area contributed by atoms with Crippen molar-refractivity contribution < 1.29 is 18.3 Å². The van der Waals surface area contributed by atoms with Gasteiger partial charge >= 0.3 is 6.61 Å². The van der Waals surface area contributed by atoms with Gasteiger partial charge in [0, 0.05) is 0 Å². The van der Waals surface area contributed by atoms with Crippen LogP contribution in [0.1, 0.15) is 24.2 Å². The van der Waals surface area contributed by atoms with E-state index < -0.39 is 18.1 Å². The number of rotatable bonds is 4. The number of ether oxygens (including phenoxy) is 1. The van der Waals surface area contributed by atoms with Crippen molar-refractivity contribution in [1.29, 1.82) is 5.26 Å². The molecule has 0 aliphatic carbocycles. The van der Waals surface area contributed by atoms with Gasteiger partial charge in [-0.15, -0.1) is 0 Å². The van der Waals surface area contributed by atoms with Crippen molar-refractivity contribution in [1.82, 2.24) is 5.32 Å². The van der Waals surface area contributed by atoms with Gasteiger partial charge in [-0.05, 0) is 26.0 Å². The molecule has 6 heteroatoms. The lowest BCUT2D eigenvalue weighted by Crippen LogP contribution is -2.42. The summed E-state index contributed by atoms with van der Waals surface area (Å²) in [5.74, 6) is -0.864. The number of nitrogens with one attached hydrogen (secondary N) is 1. The Morgan fingerprint density at radius 3 is 2.61 bits per heavy atom. The summed E-state index contributed by atoms with van der Waals surface area (Å²) in [4.78, 5) is 11.8. The molecule has 0 fully saturated rings. The van der Waals surface area contributed by atoms with Crippen LogP contribution < -0.4 is 10.1 Å². The highest BCUT2D eigenvalue weighted by Gasteiger charge is 2.23. The van der Waals surface area contributed by atoms with Crippen LogP contribution in [0, 0.1) is 11.3 Å². The van der Waals surface area contributed by atoms with Gasteiger partial charge in [0.1, 0.15) is 11.3 Å². The van der Waals surface area contributed by atoms with E-state index in [-0.39, 0.29) is 11.3 Å². The Labute approximate surface area is 103 Å². The average molecular weight is 254 g/mol. The Morgan fingerprint density at radius 2 is 2.06 bits per heavy atom. The SMILES string of the molecule is CC(C)(C#N)NC(=O)c1ccccc1OC(F)F. The quantitative estimate of drug-likeness (QED) is 0.896. The zero-order valence-corrected chi connectivity index (χ0v) is 9.91. The van der Waals surface area contributed by atoms with E-state index in [1.165, 1.54) is 38.1 Å². The highest BCUT2D eigenvalue weighted by molar-refractivity contribution is 5.97. The molecule has 96 valence electrons. The number of carbonyl (C=O) groups excluding carboxylic acids is 1. The highest BCUT2D eigenvalue weighted by atomic mass is 19.3. The number of nitriles is 1. The molecule has 0 spiro atoms. The van der Waals surface area contributed by atoms with Crippen LogP contribution in [0.2, 0.25) is 0 Å². The topological polar surface area (TPSA) is 62.1 Å². The molecule has 1 aromatic rings. The van der Waals surface area contributed by atoms with Gasteiger partial charge in [-0.2, -0.15) is 14.0 Å². The Hall–Kier alpha value is -2.16. The summed E-state index contributed by atoms with van der Waals surface area (Å²) < 4.78 is 28.6. The first-order valence-electron chi connectivity index (χ1n) is 5.13. The normalized spacial score (nSPS) is 10.9. The third-order valence-corrected chi connectivity index (χ3v) is 2.05. The second-order valence-electron chi connectivity index (χ2n) is 4.07. The molecule has 0 bridgehead atoms. The van der Waals surface area contributed by atoms with E-state index in [0.29, 0.717) is 0 Å². The van der Waals surface area contributed by atoms with Crippen molar-refractivity contribution >= 4 is 5.91 Å². The molecule has 18 heavy (non-hydrogen) atoms. The molecule has 0 atom stereocenters. The third kappa shape index (κ3) is 3.70. The molecule has 1 rings (SSSR count). The minimum absolute atomic E-state index is 0.0406. The van der Waals surface area contributed by atoms with Gasteiger partial charge in [0.15, 0.2) is 0 Å². The summed E-state index contributed by atoms with van der Waals surface area (Å²) in [5.41, 5.74) is -1.13. The summed E-state index contributed by atoms with van der Waals surface area (Å²) in [6.07, 6.45) is 0. The maximum absolute atomic E-state index is 12.2. The molecule has 0 aliphatic heterocycles. The van der Waals surface area contributed by atoms with Crippen LogP contribution in [0.4, 0.5) is 8.78 Å². The van der Waals surface area contributed by atoms with Gasteiger partial charge in [-0.25, -0.2) is 0 Å². The Bertz CT molecular complexity index is 481. The first-order valence-corrected chi connectivity index (χ1v) is 5.13. The minimum atomic E-state index is -3.01. The van der Waals surface area contributed by atoms with Gasteiger partial charge in [-0.3, -0.25) is 4.79 Å². The van der Waals surface area contributed by atoms with Crippen molar-refractivity contribution in [3.05, 3.63) is 29.8 Å². The maximum Gasteiger partial charge on any atom is 0.387 e. The van der Waals surface area contributed by atoms with Gasteiger partial charge in [0.05, 0.1) is 11.6 Å². The van der Waals surface area contributed by atoms with Crippen LogP contribution in [-0.4, -0.2) is 18.1 Å². The number of para-hydroxylation sites is 1. The average Bonchev–Trinajstić information content (AvgIpc) is 2.28. The number of hydrogen-bond acceptors (Lipinski definition) is 3. The zero-order valence-electron chi connectivity index (χ0n) is 9.91. The first kappa shape index (κ1) is 13.9. The van der Waals surface area contributed by atoms with Crippen LogP contribution >= 0.6 is 0 Å². The molecular formula is C12H12F2N2O2. The van der Waals surface area contributed by atoms with Crippen LogP contribution in [0.25, 0.3) is 0 Å². The van der Waals surface area contributed by atoms with E-state index in [1.54, 1.807) is 0 Å². The summed E-state index contributed by atoms with van der Waals surface area (Å²) in [6, 6.07) is 7.49. The first-order chi connectivity index (χ1) is 8.35. The third-order valence-electron chi connectivity index (χ3n) is 2.05. The Morgan fingerprint density at radius 1 is 1.44 bits per heavy atom. The second kappa shape index (κ2) is 5.45. The predicted molar refractivity (Wildman–Crippen MR) is 60.2 cm³/mol. The molecule has 1 aromatic carbocycles. The van der Waals surface area contributed by atoms with E-state index >= 15 is 0 Å². The molecule has 4 nitrogen and oxygen atoms in total. The number of alkyl halides is 2. The lowest BCUT2D eigenvalue weighted by Gasteiger charge is -2.18. The summed E-state index contributed by atoms with van der Waals surface area (Å²) in [5, 5.41) is 11.2. The highest BCUT2D eigenvalue weighted by Crippen LogP contribution is 2.20. The van der Waals surface area contributed by atoms with Crippen molar-refractivity contribution in [3.8, 4) is 11.8 Å². The summed E-state index contributed by atoms with van der Waals surface area (Å²) in [6.45, 7) is -0.00824. The van der Waals surface area contributed by atoms with Gasteiger partial charge < -0.3 is 10.1 Å². The van der Waals surface area contributed by atoms with Crippen LogP contribution in [0.5, 0.6) is 5.75 Å². The molecule has 1 amide bonds. The lowest BCUT2D eigenvalue weighted by molar-refractivity contribution is -0.0501. The molecule has 0 aliphatic rings. The number of hydrogen-bond donors (Lipinski definition) is 1. The van der Waals surface area contributed by atoms with Gasteiger partial charge in [0.2, 0.25) is 0 Å². The maximum atomic E-state index is 12.2. The van der Waals surface area contributed by atoms with Crippen LogP contribution in [0.3, 0.4) is 0 Å². The second-order valence-corrected chi connectivity index (χ2v) is 4.07. The van der Waals surface area contributed by atoms with Crippen molar-refractivity contribution in [2.45, 2.75) is 26.0 Å². The van der Waals surface area contributed by atoms with Gasteiger partial charge in [0.25, 0.3) is 5.91 Å². The zero-order chi connectivity index (χ0) is 13.8. The number of carbonyl (C=O) groups is 1. The molecular weight excluding hydrogens is 242 g/mol. The van der Waals surface area contributed by atoms with E-state index in [9.17, 15) is 13.6 Å². The van der Waals surface area contributed by atoms with Crippen molar-refractivity contribution in [2.24, 2.45) is 0 Å². The monoisotopic (exact) mass is 254 g/mol. The van der Waals surface area contributed by atoms with E-state index in [0.717, 1.165) is 0 Å². The van der Waals surface area contributed by atoms with Crippen molar-refractivity contribution in [2.75, 3.05) is 0 Å². The number of amides is 1. The molecule has 0 heterocycles. The molecule has 0 radical (unpaired) electrons. The number of benzene rings is 1. The smallest absolute Gasteiger partial charge is 0.387 e. The van der Waals surface area contributed by atoms with E-state index in [1.807, 2.05) is 6.07 Å². The molecule has 1 N–H and O–H groups in total. The van der Waals surface area contributed by atoms with Crippen LogP contribution in [-0.2, 0) is 0 Å². The Balaban J connectivity index is 2.96. The lowest BCUT2D eigenvalue weighted by atomic mass is 10.1. The minimum Gasteiger partial charge on any atom is -0.434 e. The number of halogens is 2. The fraction of sp³-hybridized carbons (Fsp3) is 0.333. The van der Waals surface area contributed by atoms with Crippen LogP contribution in [0.15, 0.2) is 24.3 Å². The van der Waals surface area contributed by atoms with E-state index in [2.05, 4.69) is 10.1 Å². The fourth-order valence-corrected chi connectivity index (χ4v) is 1.23.